The number of aliphatic hydroxyl groups is 1. The van der Waals surface area contributed by atoms with Gasteiger partial charge in [0.2, 0.25) is 0 Å². The number of nitro benzene ring substituents is 1. The standard InChI is InChI=1S/C17H23BrN2O4/c1-3-24-16-10-15(21)17(16)4-6-19(7-5-17)14-8-11(2)13(20(22)23)9-12(14)18/h8-9,15-16,21H,3-7,10H2,1-2H3. The van der Waals surface area contributed by atoms with Gasteiger partial charge in [0, 0.05) is 47.6 Å². The lowest BCUT2D eigenvalue weighted by molar-refractivity contribution is -0.385. The third-order valence-corrected chi connectivity index (χ3v) is 6.24. The molecule has 1 saturated heterocycles. The summed E-state index contributed by atoms with van der Waals surface area (Å²) in [5.41, 5.74) is 1.66. The molecule has 1 aromatic rings. The first kappa shape index (κ1) is 17.6. The second-order valence-electron chi connectivity index (χ2n) is 6.76. The second kappa shape index (κ2) is 6.61. The highest BCUT2D eigenvalue weighted by atomic mass is 79.9. The maximum atomic E-state index is 11.1. The van der Waals surface area contributed by atoms with Crippen molar-refractivity contribution in [3.05, 3.63) is 32.3 Å². The number of aryl methyl sites for hydroxylation is 1. The van der Waals surface area contributed by atoms with E-state index in [0.717, 1.165) is 42.5 Å². The van der Waals surface area contributed by atoms with Crippen LogP contribution in [0.5, 0.6) is 0 Å². The Labute approximate surface area is 150 Å². The minimum Gasteiger partial charge on any atom is -0.392 e. The molecule has 0 radical (unpaired) electrons. The molecule has 6 nitrogen and oxygen atoms in total. The number of piperidine rings is 1. The van der Waals surface area contributed by atoms with Gasteiger partial charge in [-0.3, -0.25) is 10.1 Å². The average Bonchev–Trinajstić information content (AvgIpc) is 2.56. The molecule has 2 atom stereocenters. The summed E-state index contributed by atoms with van der Waals surface area (Å²) in [6.07, 6.45) is 2.36. The first-order valence-corrected chi connectivity index (χ1v) is 9.17. The smallest absolute Gasteiger partial charge is 0.273 e. The Balaban J connectivity index is 1.76. The van der Waals surface area contributed by atoms with Crippen LogP contribution in [0.15, 0.2) is 16.6 Å². The largest absolute Gasteiger partial charge is 0.392 e. The van der Waals surface area contributed by atoms with Crippen LogP contribution in [-0.2, 0) is 4.74 Å². The number of nitro groups is 1. The number of ether oxygens (including phenoxy) is 1. The molecule has 24 heavy (non-hydrogen) atoms. The van der Waals surface area contributed by atoms with Crippen molar-refractivity contribution in [3.8, 4) is 0 Å². The van der Waals surface area contributed by atoms with Crippen LogP contribution in [0.4, 0.5) is 11.4 Å². The topological polar surface area (TPSA) is 75.8 Å². The maximum absolute atomic E-state index is 11.1. The lowest BCUT2D eigenvalue weighted by atomic mass is 9.58. The van der Waals surface area contributed by atoms with Crippen LogP contribution in [0.1, 0.15) is 31.7 Å². The fourth-order valence-corrected chi connectivity index (χ4v) is 4.66. The second-order valence-corrected chi connectivity index (χ2v) is 7.62. The van der Waals surface area contributed by atoms with Gasteiger partial charge in [0.25, 0.3) is 5.69 Å². The van der Waals surface area contributed by atoms with Crippen molar-refractivity contribution >= 4 is 27.3 Å². The Morgan fingerprint density at radius 1 is 1.46 bits per heavy atom. The van der Waals surface area contributed by atoms with E-state index in [4.69, 9.17) is 4.74 Å². The number of rotatable bonds is 4. The van der Waals surface area contributed by atoms with Crippen LogP contribution in [0.3, 0.4) is 0 Å². The quantitative estimate of drug-likeness (QED) is 0.620. The molecule has 7 heteroatoms. The van der Waals surface area contributed by atoms with E-state index in [1.54, 1.807) is 13.0 Å². The molecule has 1 aliphatic heterocycles. The van der Waals surface area contributed by atoms with E-state index in [1.807, 2.05) is 13.0 Å². The number of hydrogen-bond acceptors (Lipinski definition) is 5. The Bertz CT molecular complexity index is 642. The van der Waals surface area contributed by atoms with E-state index in [2.05, 4.69) is 20.8 Å². The third-order valence-electron chi connectivity index (χ3n) is 5.61. The van der Waals surface area contributed by atoms with Crippen LogP contribution >= 0.6 is 15.9 Å². The van der Waals surface area contributed by atoms with Crippen molar-refractivity contribution in [1.29, 1.82) is 0 Å². The zero-order chi connectivity index (χ0) is 17.5. The van der Waals surface area contributed by atoms with E-state index in [-0.39, 0.29) is 28.2 Å². The number of aliphatic hydroxyl groups excluding tert-OH is 1. The predicted molar refractivity (Wildman–Crippen MR) is 95.5 cm³/mol. The van der Waals surface area contributed by atoms with Crippen LogP contribution in [0.2, 0.25) is 0 Å². The number of hydrogen-bond donors (Lipinski definition) is 1. The summed E-state index contributed by atoms with van der Waals surface area (Å²) in [4.78, 5) is 12.9. The molecule has 0 aromatic heterocycles. The molecule has 1 aliphatic carbocycles. The van der Waals surface area contributed by atoms with Crippen molar-refractivity contribution in [3.63, 3.8) is 0 Å². The molecular formula is C17H23BrN2O4. The molecule has 0 bridgehead atoms. The minimum absolute atomic E-state index is 0.116. The van der Waals surface area contributed by atoms with E-state index in [0.29, 0.717) is 12.2 Å². The number of benzene rings is 1. The van der Waals surface area contributed by atoms with Gasteiger partial charge in [0.15, 0.2) is 0 Å². The van der Waals surface area contributed by atoms with Crippen molar-refractivity contribution in [2.75, 3.05) is 24.6 Å². The fourth-order valence-electron chi connectivity index (χ4n) is 4.08. The van der Waals surface area contributed by atoms with Crippen molar-refractivity contribution in [2.45, 2.75) is 45.3 Å². The lowest BCUT2D eigenvalue weighted by Gasteiger charge is -2.57. The average molecular weight is 399 g/mol. The van der Waals surface area contributed by atoms with Gasteiger partial charge in [0.1, 0.15) is 0 Å². The maximum Gasteiger partial charge on any atom is 0.273 e. The number of anilines is 1. The molecular weight excluding hydrogens is 376 g/mol. The van der Waals surface area contributed by atoms with Gasteiger partial charge >= 0.3 is 0 Å². The first-order chi connectivity index (χ1) is 11.4. The van der Waals surface area contributed by atoms with Crippen molar-refractivity contribution < 1.29 is 14.8 Å². The summed E-state index contributed by atoms with van der Waals surface area (Å²) in [6.45, 7) is 6.06. The monoisotopic (exact) mass is 398 g/mol. The summed E-state index contributed by atoms with van der Waals surface area (Å²) in [5.74, 6) is 0. The molecule has 1 saturated carbocycles. The van der Waals surface area contributed by atoms with Crippen LogP contribution in [0.25, 0.3) is 0 Å². The summed E-state index contributed by atoms with van der Waals surface area (Å²) in [5, 5.41) is 21.3. The van der Waals surface area contributed by atoms with Crippen LogP contribution in [0, 0.1) is 22.5 Å². The van der Waals surface area contributed by atoms with Crippen LogP contribution in [-0.4, -0.2) is 41.9 Å². The SMILES string of the molecule is CCOC1CC(O)C12CCN(c1cc(C)c([N+](=O)[O-])cc1Br)CC2. The molecule has 1 spiro atoms. The highest BCUT2D eigenvalue weighted by molar-refractivity contribution is 9.10. The number of halogens is 1. The van der Waals surface area contributed by atoms with E-state index < -0.39 is 0 Å². The summed E-state index contributed by atoms with van der Waals surface area (Å²) in [6, 6.07) is 3.45. The van der Waals surface area contributed by atoms with Gasteiger partial charge in [-0.15, -0.1) is 0 Å². The Morgan fingerprint density at radius 2 is 2.12 bits per heavy atom. The highest BCUT2D eigenvalue weighted by Gasteiger charge is 2.56. The predicted octanol–water partition coefficient (Wildman–Crippen LogP) is 3.42. The molecule has 1 N–H and O–H groups in total. The third kappa shape index (κ3) is 2.82. The fraction of sp³-hybridized carbons (Fsp3) is 0.647. The molecule has 0 amide bonds. The molecule has 2 aliphatic rings. The Hall–Kier alpha value is -1.18. The molecule has 3 rings (SSSR count). The van der Waals surface area contributed by atoms with E-state index >= 15 is 0 Å². The first-order valence-electron chi connectivity index (χ1n) is 8.38. The molecule has 1 heterocycles. The van der Waals surface area contributed by atoms with E-state index in [1.165, 1.54) is 0 Å². The summed E-state index contributed by atoms with van der Waals surface area (Å²) >= 11 is 3.47. The zero-order valence-electron chi connectivity index (χ0n) is 14.0. The van der Waals surface area contributed by atoms with Gasteiger partial charge in [-0.25, -0.2) is 0 Å². The summed E-state index contributed by atoms with van der Waals surface area (Å²) in [7, 11) is 0. The molecule has 2 unspecified atom stereocenters. The minimum atomic E-state index is -0.355. The molecule has 1 aromatic carbocycles. The zero-order valence-corrected chi connectivity index (χ0v) is 15.6. The van der Waals surface area contributed by atoms with Gasteiger partial charge < -0.3 is 14.7 Å². The van der Waals surface area contributed by atoms with Gasteiger partial charge in [-0.05, 0) is 48.7 Å². The Morgan fingerprint density at radius 3 is 2.67 bits per heavy atom. The summed E-state index contributed by atoms with van der Waals surface area (Å²) < 4.78 is 6.55. The highest BCUT2D eigenvalue weighted by Crippen LogP contribution is 2.51. The van der Waals surface area contributed by atoms with Gasteiger partial charge in [-0.2, -0.15) is 0 Å². The Kier molecular flexibility index (Phi) is 4.86. The van der Waals surface area contributed by atoms with Crippen molar-refractivity contribution in [1.82, 2.24) is 0 Å². The number of nitrogens with zero attached hydrogens (tertiary/aromatic N) is 2. The van der Waals surface area contributed by atoms with Gasteiger partial charge in [0.05, 0.1) is 22.8 Å². The van der Waals surface area contributed by atoms with Crippen LogP contribution < -0.4 is 4.90 Å². The van der Waals surface area contributed by atoms with Gasteiger partial charge in [-0.1, -0.05) is 0 Å². The lowest BCUT2D eigenvalue weighted by Crippen LogP contribution is -2.62. The molecule has 132 valence electrons. The molecule has 2 fully saturated rings. The van der Waals surface area contributed by atoms with Crippen molar-refractivity contribution in [2.24, 2.45) is 5.41 Å². The van der Waals surface area contributed by atoms with E-state index in [9.17, 15) is 15.2 Å². The normalized spacial score (nSPS) is 25.6.